The van der Waals surface area contributed by atoms with E-state index in [0.717, 1.165) is 19.3 Å². The summed E-state index contributed by atoms with van der Waals surface area (Å²) >= 11 is 11.9. The lowest BCUT2D eigenvalue weighted by Gasteiger charge is -2.17. The summed E-state index contributed by atoms with van der Waals surface area (Å²) in [6.07, 6.45) is 8.24. The van der Waals surface area contributed by atoms with Gasteiger partial charge in [-0.05, 0) is 50.3 Å². The van der Waals surface area contributed by atoms with Crippen molar-refractivity contribution in [2.75, 3.05) is 18.0 Å². The van der Waals surface area contributed by atoms with Gasteiger partial charge in [-0.3, -0.25) is 9.59 Å². The van der Waals surface area contributed by atoms with E-state index in [4.69, 9.17) is 23.2 Å². The van der Waals surface area contributed by atoms with Crippen LogP contribution in [-0.4, -0.2) is 24.9 Å². The molecule has 0 aromatic heterocycles. The van der Waals surface area contributed by atoms with Crippen LogP contribution >= 0.6 is 23.2 Å². The molecule has 1 N–H and O–H groups in total. The standard InChI is InChI=1S/C19H22Cl2N2O2/c20-16-7-6-15(11-17(16)21)23-12-14(10-18(23)24)19(25)22-9-8-13-4-2-1-3-5-13/h4,6-7,11,14H,1-3,5,8-10,12H2,(H,22,25). The van der Waals surface area contributed by atoms with Crippen LogP contribution < -0.4 is 10.2 Å². The minimum absolute atomic E-state index is 0.0488. The Morgan fingerprint density at radius 1 is 1.24 bits per heavy atom. The Balaban J connectivity index is 1.53. The summed E-state index contributed by atoms with van der Waals surface area (Å²) in [5.41, 5.74) is 2.12. The maximum absolute atomic E-state index is 12.4. The van der Waals surface area contributed by atoms with Crippen molar-refractivity contribution in [3.05, 3.63) is 39.9 Å². The predicted molar refractivity (Wildman–Crippen MR) is 101 cm³/mol. The minimum Gasteiger partial charge on any atom is -0.355 e. The first-order valence-electron chi connectivity index (χ1n) is 8.75. The molecular weight excluding hydrogens is 359 g/mol. The summed E-state index contributed by atoms with van der Waals surface area (Å²) in [6.45, 7) is 1.02. The van der Waals surface area contributed by atoms with Crippen LogP contribution in [0.5, 0.6) is 0 Å². The van der Waals surface area contributed by atoms with Gasteiger partial charge in [0, 0.05) is 25.2 Å². The summed E-state index contributed by atoms with van der Waals surface area (Å²) in [4.78, 5) is 26.2. The molecule has 1 heterocycles. The van der Waals surface area contributed by atoms with E-state index in [0.29, 0.717) is 28.8 Å². The molecule has 1 atom stereocenters. The topological polar surface area (TPSA) is 49.4 Å². The molecule has 25 heavy (non-hydrogen) atoms. The molecule has 1 aromatic carbocycles. The van der Waals surface area contributed by atoms with Gasteiger partial charge in [0.05, 0.1) is 16.0 Å². The Morgan fingerprint density at radius 3 is 2.80 bits per heavy atom. The Bertz CT molecular complexity index is 703. The molecule has 1 unspecified atom stereocenters. The molecule has 1 aliphatic carbocycles. The number of nitrogens with zero attached hydrogens (tertiary/aromatic N) is 1. The van der Waals surface area contributed by atoms with Crippen LogP contribution in [0, 0.1) is 5.92 Å². The Labute approximate surface area is 158 Å². The second-order valence-electron chi connectivity index (χ2n) is 6.65. The fourth-order valence-corrected chi connectivity index (χ4v) is 3.70. The van der Waals surface area contributed by atoms with E-state index in [9.17, 15) is 9.59 Å². The lowest BCUT2D eigenvalue weighted by molar-refractivity contribution is -0.126. The van der Waals surface area contributed by atoms with Gasteiger partial charge in [0.25, 0.3) is 0 Å². The number of carbonyl (C=O) groups is 2. The molecule has 1 aromatic rings. The molecule has 134 valence electrons. The zero-order chi connectivity index (χ0) is 17.8. The van der Waals surface area contributed by atoms with Gasteiger partial charge in [0.15, 0.2) is 0 Å². The van der Waals surface area contributed by atoms with Crippen LogP contribution in [0.3, 0.4) is 0 Å². The van der Waals surface area contributed by atoms with Crippen LogP contribution in [0.2, 0.25) is 10.0 Å². The normalized spacial score (nSPS) is 20.6. The van der Waals surface area contributed by atoms with E-state index < -0.39 is 0 Å². The largest absolute Gasteiger partial charge is 0.355 e. The maximum Gasteiger partial charge on any atom is 0.227 e. The number of benzene rings is 1. The summed E-state index contributed by atoms with van der Waals surface area (Å²) in [7, 11) is 0. The van der Waals surface area contributed by atoms with Crippen molar-refractivity contribution < 1.29 is 9.59 Å². The van der Waals surface area contributed by atoms with Crippen LogP contribution in [-0.2, 0) is 9.59 Å². The molecule has 1 fully saturated rings. The van der Waals surface area contributed by atoms with Crippen LogP contribution in [0.15, 0.2) is 29.8 Å². The average Bonchev–Trinajstić information content (AvgIpc) is 3.00. The number of halogens is 2. The molecule has 0 bridgehead atoms. The highest BCUT2D eigenvalue weighted by Gasteiger charge is 2.35. The van der Waals surface area contributed by atoms with Gasteiger partial charge in [-0.15, -0.1) is 0 Å². The molecule has 1 saturated heterocycles. The van der Waals surface area contributed by atoms with Crippen LogP contribution in [0.1, 0.15) is 38.5 Å². The zero-order valence-electron chi connectivity index (χ0n) is 14.1. The quantitative estimate of drug-likeness (QED) is 0.771. The number of amides is 2. The van der Waals surface area contributed by atoms with Gasteiger partial charge in [-0.25, -0.2) is 0 Å². The molecule has 0 radical (unpaired) electrons. The second-order valence-corrected chi connectivity index (χ2v) is 7.47. The first-order valence-corrected chi connectivity index (χ1v) is 9.51. The highest BCUT2D eigenvalue weighted by atomic mass is 35.5. The third kappa shape index (κ3) is 4.56. The third-order valence-electron chi connectivity index (χ3n) is 4.84. The van der Waals surface area contributed by atoms with Crippen molar-refractivity contribution >= 4 is 40.7 Å². The van der Waals surface area contributed by atoms with Crippen molar-refractivity contribution in [2.24, 2.45) is 5.92 Å². The van der Waals surface area contributed by atoms with Crippen molar-refractivity contribution in [3.8, 4) is 0 Å². The number of anilines is 1. The predicted octanol–water partition coefficient (Wildman–Crippen LogP) is 4.35. The van der Waals surface area contributed by atoms with Gasteiger partial charge in [-0.2, -0.15) is 0 Å². The number of hydrogen-bond donors (Lipinski definition) is 1. The van der Waals surface area contributed by atoms with E-state index >= 15 is 0 Å². The minimum atomic E-state index is -0.317. The molecule has 3 rings (SSSR count). The summed E-state index contributed by atoms with van der Waals surface area (Å²) in [6, 6.07) is 5.08. The lowest BCUT2D eigenvalue weighted by atomic mass is 9.97. The Hall–Kier alpha value is -1.52. The molecule has 2 amide bonds. The summed E-state index contributed by atoms with van der Waals surface area (Å²) in [5.74, 6) is -0.428. The van der Waals surface area contributed by atoms with E-state index in [1.54, 1.807) is 23.1 Å². The smallest absolute Gasteiger partial charge is 0.227 e. The van der Waals surface area contributed by atoms with E-state index in [-0.39, 0.29) is 24.2 Å². The number of carbonyl (C=O) groups excluding carboxylic acids is 2. The fourth-order valence-electron chi connectivity index (χ4n) is 3.41. The molecule has 0 spiro atoms. The number of allylic oxidation sites excluding steroid dienone is 1. The highest BCUT2D eigenvalue weighted by Crippen LogP contribution is 2.31. The van der Waals surface area contributed by atoms with Gasteiger partial charge in [0.2, 0.25) is 11.8 Å². The van der Waals surface area contributed by atoms with Crippen LogP contribution in [0.25, 0.3) is 0 Å². The number of rotatable bonds is 5. The number of hydrogen-bond acceptors (Lipinski definition) is 2. The molecule has 4 nitrogen and oxygen atoms in total. The SMILES string of the molecule is O=C(NCCC1=CCCCC1)C1CC(=O)N(c2ccc(Cl)c(Cl)c2)C1. The van der Waals surface area contributed by atoms with E-state index in [2.05, 4.69) is 11.4 Å². The lowest BCUT2D eigenvalue weighted by Crippen LogP contribution is -2.33. The molecule has 1 aliphatic heterocycles. The molecular formula is C19H22Cl2N2O2. The first-order chi connectivity index (χ1) is 12.0. The Morgan fingerprint density at radius 2 is 2.08 bits per heavy atom. The zero-order valence-corrected chi connectivity index (χ0v) is 15.6. The van der Waals surface area contributed by atoms with Crippen molar-refractivity contribution in [1.82, 2.24) is 5.32 Å². The summed E-state index contributed by atoms with van der Waals surface area (Å²) < 4.78 is 0. The number of nitrogens with one attached hydrogen (secondary N) is 1. The highest BCUT2D eigenvalue weighted by molar-refractivity contribution is 6.42. The molecule has 0 saturated carbocycles. The van der Waals surface area contributed by atoms with Crippen LogP contribution in [0.4, 0.5) is 5.69 Å². The maximum atomic E-state index is 12.4. The average molecular weight is 381 g/mol. The van der Waals surface area contributed by atoms with Gasteiger partial charge >= 0.3 is 0 Å². The summed E-state index contributed by atoms with van der Waals surface area (Å²) in [5, 5.41) is 3.83. The van der Waals surface area contributed by atoms with Gasteiger partial charge in [0.1, 0.15) is 0 Å². The monoisotopic (exact) mass is 380 g/mol. The molecule has 2 aliphatic rings. The van der Waals surface area contributed by atoms with E-state index in [1.807, 2.05) is 0 Å². The first kappa shape index (κ1) is 18.3. The van der Waals surface area contributed by atoms with Crippen molar-refractivity contribution in [2.45, 2.75) is 38.5 Å². The fraction of sp³-hybridized carbons (Fsp3) is 0.474. The third-order valence-corrected chi connectivity index (χ3v) is 5.58. The van der Waals surface area contributed by atoms with Gasteiger partial charge in [-0.1, -0.05) is 34.9 Å². The second kappa shape index (κ2) is 8.24. The van der Waals surface area contributed by atoms with Crippen molar-refractivity contribution in [3.63, 3.8) is 0 Å². The van der Waals surface area contributed by atoms with Crippen molar-refractivity contribution in [1.29, 1.82) is 0 Å². The molecule has 6 heteroatoms. The van der Waals surface area contributed by atoms with E-state index in [1.165, 1.54) is 18.4 Å². The Kier molecular flexibility index (Phi) is 6.02. The van der Waals surface area contributed by atoms with Gasteiger partial charge < -0.3 is 10.2 Å².